The molecule has 6 nitrogen and oxygen atoms in total. The van der Waals surface area contributed by atoms with Crippen molar-refractivity contribution in [2.75, 3.05) is 65.8 Å². The first-order chi connectivity index (χ1) is 10.2. The van der Waals surface area contributed by atoms with E-state index in [0.29, 0.717) is 45.4 Å². The maximum absolute atomic E-state index is 11.8. The van der Waals surface area contributed by atoms with Gasteiger partial charge >= 0.3 is 0 Å². The molecule has 1 fully saturated rings. The van der Waals surface area contributed by atoms with Gasteiger partial charge in [-0.15, -0.1) is 0 Å². The Bertz CT molecular complexity index is 268. The fourth-order valence-corrected chi connectivity index (χ4v) is 1.99. The molecular formula is C15H30N2O4. The number of amides is 1. The zero-order valence-corrected chi connectivity index (χ0v) is 13.4. The van der Waals surface area contributed by atoms with Crippen LogP contribution in [0.15, 0.2) is 0 Å². The van der Waals surface area contributed by atoms with Gasteiger partial charge < -0.3 is 24.4 Å². The van der Waals surface area contributed by atoms with E-state index in [0.717, 1.165) is 32.8 Å². The molecule has 1 aliphatic heterocycles. The third-order valence-electron chi connectivity index (χ3n) is 3.13. The molecule has 1 N–H and O–H groups in total. The number of carbonyl (C=O) groups is 1. The quantitative estimate of drug-likeness (QED) is 0.564. The van der Waals surface area contributed by atoms with Crippen LogP contribution in [0.5, 0.6) is 0 Å². The number of hydrogen-bond donors (Lipinski definition) is 1. The Kier molecular flexibility index (Phi) is 10.4. The van der Waals surface area contributed by atoms with E-state index in [1.54, 1.807) is 0 Å². The van der Waals surface area contributed by atoms with Crippen LogP contribution in [0.25, 0.3) is 0 Å². The minimum atomic E-state index is 0.180. The summed E-state index contributed by atoms with van der Waals surface area (Å²) < 4.78 is 16.2. The van der Waals surface area contributed by atoms with Crippen LogP contribution in [0, 0.1) is 5.92 Å². The van der Waals surface area contributed by atoms with E-state index in [1.165, 1.54) is 0 Å². The van der Waals surface area contributed by atoms with E-state index in [1.807, 2.05) is 4.90 Å². The summed E-state index contributed by atoms with van der Waals surface area (Å²) in [5, 5.41) is 3.23. The molecule has 0 aromatic rings. The summed E-state index contributed by atoms with van der Waals surface area (Å²) in [6.45, 7) is 11.2. The standard InChI is InChI=1S/C15H30N2O4/c1-14(2)13-21-12-11-20-10-9-19-8-3-15(18)17-6-4-16-5-7-17/h14,16H,3-13H2,1-2H3. The van der Waals surface area contributed by atoms with Gasteiger partial charge in [-0.1, -0.05) is 13.8 Å². The summed E-state index contributed by atoms with van der Waals surface area (Å²) in [6, 6.07) is 0. The summed E-state index contributed by atoms with van der Waals surface area (Å²) in [5.74, 6) is 0.737. The smallest absolute Gasteiger partial charge is 0.224 e. The summed E-state index contributed by atoms with van der Waals surface area (Å²) in [7, 11) is 0. The highest BCUT2D eigenvalue weighted by Gasteiger charge is 2.15. The molecule has 0 radical (unpaired) electrons. The fraction of sp³-hybridized carbons (Fsp3) is 0.933. The maximum Gasteiger partial charge on any atom is 0.224 e. The van der Waals surface area contributed by atoms with Crippen molar-refractivity contribution in [3.05, 3.63) is 0 Å². The Morgan fingerprint density at radius 3 is 2.19 bits per heavy atom. The SMILES string of the molecule is CC(C)COCCOCCOCCC(=O)N1CCNCC1. The predicted octanol–water partition coefficient (Wildman–Crippen LogP) is 0.514. The Morgan fingerprint density at radius 2 is 1.57 bits per heavy atom. The average molecular weight is 302 g/mol. The van der Waals surface area contributed by atoms with E-state index in [9.17, 15) is 4.79 Å². The molecule has 1 aliphatic rings. The summed E-state index contributed by atoms with van der Waals surface area (Å²) in [6.07, 6.45) is 0.456. The van der Waals surface area contributed by atoms with Crippen molar-refractivity contribution in [3.63, 3.8) is 0 Å². The predicted molar refractivity (Wildman–Crippen MR) is 81.4 cm³/mol. The first-order valence-electron chi connectivity index (χ1n) is 7.92. The van der Waals surface area contributed by atoms with Gasteiger partial charge in [-0.3, -0.25) is 4.79 Å². The van der Waals surface area contributed by atoms with Crippen molar-refractivity contribution >= 4 is 5.91 Å². The maximum atomic E-state index is 11.8. The van der Waals surface area contributed by atoms with Crippen LogP contribution in [0.1, 0.15) is 20.3 Å². The monoisotopic (exact) mass is 302 g/mol. The fourth-order valence-electron chi connectivity index (χ4n) is 1.99. The third kappa shape index (κ3) is 9.79. The number of piperazine rings is 1. The highest BCUT2D eigenvalue weighted by atomic mass is 16.5. The molecule has 0 unspecified atom stereocenters. The van der Waals surface area contributed by atoms with Crippen molar-refractivity contribution in [2.24, 2.45) is 5.92 Å². The minimum Gasteiger partial charge on any atom is -0.379 e. The zero-order chi connectivity index (χ0) is 15.3. The van der Waals surface area contributed by atoms with E-state index in [2.05, 4.69) is 19.2 Å². The van der Waals surface area contributed by atoms with E-state index in [-0.39, 0.29) is 5.91 Å². The van der Waals surface area contributed by atoms with Crippen LogP contribution in [0.2, 0.25) is 0 Å². The van der Waals surface area contributed by atoms with Gasteiger partial charge in [0.1, 0.15) is 0 Å². The van der Waals surface area contributed by atoms with Crippen molar-refractivity contribution in [1.29, 1.82) is 0 Å². The lowest BCUT2D eigenvalue weighted by atomic mass is 10.2. The second-order valence-corrected chi connectivity index (χ2v) is 5.57. The largest absolute Gasteiger partial charge is 0.379 e. The topological polar surface area (TPSA) is 60.0 Å². The van der Waals surface area contributed by atoms with Gasteiger partial charge in [0.2, 0.25) is 5.91 Å². The minimum absolute atomic E-state index is 0.180. The number of carbonyl (C=O) groups excluding carboxylic acids is 1. The Hall–Kier alpha value is -0.690. The van der Waals surface area contributed by atoms with Gasteiger partial charge in [0.25, 0.3) is 0 Å². The molecule has 0 aromatic heterocycles. The molecule has 1 saturated heterocycles. The lowest BCUT2D eigenvalue weighted by Gasteiger charge is -2.27. The average Bonchev–Trinajstić information content (AvgIpc) is 2.49. The van der Waals surface area contributed by atoms with Gasteiger partial charge in [-0.25, -0.2) is 0 Å². The number of rotatable bonds is 11. The molecule has 0 aliphatic carbocycles. The second-order valence-electron chi connectivity index (χ2n) is 5.57. The van der Waals surface area contributed by atoms with E-state index >= 15 is 0 Å². The highest BCUT2D eigenvalue weighted by molar-refractivity contribution is 5.76. The van der Waals surface area contributed by atoms with Gasteiger partial charge in [-0.05, 0) is 5.92 Å². The molecule has 124 valence electrons. The normalized spacial score (nSPS) is 15.7. The summed E-state index contributed by atoms with van der Waals surface area (Å²) in [5.41, 5.74) is 0. The Morgan fingerprint density at radius 1 is 1.00 bits per heavy atom. The van der Waals surface area contributed by atoms with E-state index < -0.39 is 0 Å². The molecule has 21 heavy (non-hydrogen) atoms. The van der Waals surface area contributed by atoms with E-state index in [4.69, 9.17) is 14.2 Å². The van der Waals surface area contributed by atoms with Crippen LogP contribution >= 0.6 is 0 Å². The van der Waals surface area contributed by atoms with Crippen LogP contribution in [0.4, 0.5) is 0 Å². The van der Waals surface area contributed by atoms with Gasteiger partial charge in [0.15, 0.2) is 0 Å². The van der Waals surface area contributed by atoms with Gasteiger partial charge in [-0.2, -0.15) is 0 Å². The molecule has 0 spiro atoms. The van der Waals surface area contributed by atoms with Crippen molar-refractivity contribution in [3.8, 4) is 0 Å². The molecule has 6 heteroatoms. The van der Waals surface area contributed by atoms with Gasteiger partial charge in [0, 0.05) is 32.8 Å². The van der Waals surface area contributed by atoms with Crippen molar-refractivity contribution in [1.82, 2.24) is 10.2 Å². The molecular weight excluding hydrogens is 272 g/mol. The van der Waals surface area contributed by atoms with Crippen LogP contribution in [0.3, 0.4) is 0 Å². The zero-order valence-electron chi connectivity index (χ0n) is 13.4. The number of nitrogens with one attached hydrogen (secondary N) is 1. The highest BCUT2D eigenvalue weighted by Crippen LogP contribution is 1.97. The molecule has 1 amide bonds. The lowest BCUT2D eigenvalue weighted by molar-refractivity contribution is -0.133. The lowest BCUT2D eigenvalue weighted by Crippen LogP contribution is -2.46. The second kappa shape index (κ2) is 11.9. The number of ether oxygens (including phenoxy) is 3. The van der Waals surface area contributed by atoms with Crippen molar-refractivity contribution < 1.29 is 19.0 Å². The Balaban J connectivity index is 1.82. The number of hydrogen-bond acceptors (Lipinski definition) is 5. The number of nitrogens with zero attached hydrogens (tertiary/aromatic N) is 1. The molecule has 0 aromatic carbocycles. The molecule has 0 saturated carbocycles. The first kappa shape index (κ1) is 18.4. The Labute approximate surface area is 128 Å². The third-order valence-corrected chi connectivity index (χ3v) is 3.13. The first-order valence-corrected chi connectivity index (χ1v) is 7.92. The molecule has 1 heterocycles. The molecule has 1 rings (SSSR count). The van der Waals surface area contributed by atoms with Crippen LogP contribution in [-0.2, 0) is 19.0 Å². The van der Waals surface area contributed by atoms with Crippen LogP contribution in [-0.4, -0.2) is 76.6 Å². The molecule has 0 bridgehead atoms. The van der Waals surface area contributed by atoms with Gasteiger partial charge in [0.05, 0.1) is 39.5 Å². The van der Waals surface area contributed by atoms with Crippen LogP contribution < -0.4 is 5.32 Å². The molecule has 0 atom stereocenters. The summed E-state index contributed by atoms with van der Waals surface area (Å²) in [4.78, 5) is 13.7. The summed E-state index contributed by atoms with van der Waals surface area (Å²) >= 11 is 0. The van der Waals surface area contributed by atoms with Crippen molar-refractivity contribution in [2.45, 2.75) is 20.3 Å².